The Bertz CT molecular complexity index is 396. The molecule has 0 saturated carbocycles. The second kappa shape index (κ2) is 4.96. The van der Waals surface area contributed by atoms with Gasteiger partial charge in [0.25, 0.3) is 0 Å². The summed E-state index contributed by atoms with van der Waals surface area (Å²) in [4.78, 5) is 2.23. The van der Waals surface area contributed by atoms with Crippen LogP contribution in [0.5, 0.6) is 0 Å². The van der Waals surface area contributed by atoms with E-state index in [4.69, 9.17) is 0 Å². The van der Waals surface area contributed by atoms with Crippen LogP contribution in [0.2, 0.25) is 0 Å². The van der Waals surface area contributed by atoms with Crippen molar-refractivity contribution in [3.05, 3.63) is 28.2 Å². The molecule has 1 aromatic carbocycles. The summed E-state index contributed by atoms with van der Waals surface area (Å²) in [5.41, 5.74) is 1.47. The lowest BCUT2D eigenvalue weighted by Gasteiger charge is -2.38. The summed E-state index contributed by atoms with van der Waals surface area (Å²) in [5.74, 6) is 0. The number of hydrogen-bond acceptors (Lipinski definition) is 3. The molecule has 3 nitrogen and oxygen atoms in total. The van der Waals surface area contributed by atoms with Crippen molar-refractivity contribution in [1.82, 2.24) is 0 Å². The van der Waals surface area contributed by atoms with Gasteiger partial charge in [0.1, 0.15) is 0 Å². The molecular formula is C13H18BrNO2. The SMILES string of the molecule is CC1(O)CCN(c2ccc(Br)cc2CO)CC1. The first kappa shape index (κ1) is 12.9. The quantitative estimate of drug-likeness (QED) is 0.881. The van der Waals surface area contributed by atoms with E-state index in [-0.39, 0.29) is 6.61 Å². The molecule has 0 amide bonds. The first-order valence-electron chi connectivity index (χ1n) is 5.88. The molecule has 0 bridgehead atoms. The topological polar surface area (TPSA) is 43.7 Å². The highest BCUT2D eigenvalue weighted by atomic mass is 79.9. The second-order valence-corrected chi connectivity index (χ2v) is 5.83. The average molecular weight is 300 g/mol. The smallest absolute Gasteiger partial charge is 0.0702 e. The van der Waals surface area contributed by atoms with Gasteiger partial charge in [0.15, 0.2) is 0 Å². The maximum atomic E-state index is 9.93. The third-order valence-electron chi connectivity index (χ3n) is 3.39. The number of nitrogens with zero attached hydrogens (tertiary/aromatic N) is 1. The molecule has 0 aromatic heterocycles. The number of halogens is 1. The Labute approximate surface area is 110 Å². The van der Waals surface area contributed by atoms with Crippen molar-refractivity contribution in [3.63, 3.8) is 0 Å². The van der Waals surface area contributed by atoms with Crippen LogP contribution in [-0.2, 0) is 6.61 Å². The lowest BCUT2D eigenvalue weighted by Crippen LogP contribution is -2.42. The minimum absolute atomic E-state index is 0.0433. The number of piperidine rings is 1. The maximum absolute atomic E-state index is 9.93. The molecule has 4 heteroatoms. The molecule has 1 aliphatic heterocycles. The molecule has 1 saturated heterocycles. The fraction of sp³-hybridized carbons (Fsp3) is 0.538. The number of aliphatic hydroxyl groups is 2. The average Bonchev–Trinajstić information content (AvgIpc) is 2.29. The summed E-state index contributed by atoms with van der Waals surface area (Å²) in [6, 6.07) is 5.96. The van der Waals surface area contributed by atoms with Crippen molar-refractivity contribution in [2.75, 3.05) is 18.0 Å². The van der Waals surface area contributed by atoms with Gasteiger partial charge in [0.2, 0.25) is 0 Å². The monoisotopic (exact) mass is 299 g/mol. The zero-order valence-electron chi connectivity index (χ0n) is 9.99. The normalized spacial score (nSPS) is 19.4. The fourth-order valence-electron chi connectivity index (χ4n) is 2.22. The van der Waals surface area contributed by atoms with Crippen LogP contribution in [-0.4, -0.2) is 28.9 Å². The van der Waals surface area contributed by atoms with E-state index in [9.17, 15) is 10.2 Å². The van der Waals surface area contributed by atoms with Crippen molar-refractivity contribution in [1.29, 1.82) is 0 Å². The number of benzene rings is 1. The predicted octanol–water partition coefficient (Wildman–Crippen LogP) is 2.29. The van der Waals surface area contributed by atoms with Gasteiger partial charge >= 0.3 is 0 Å². The van der Waals surface area contributed by atoms with Gasteiger partial charge < -0.3 is 15.1 Å². The van der Waals surface area contributed by atoms with E-state index in [1.165, 1.54) is 0 Å². The summed E-state index contributed by atoms with van der Waals surface area (Å²) in [7, 11) is 0. The van der Waals surface area contributed by atoms with Gasteiger partial charge in [-0.3, -0.25) is 0 Å². The van der Waals surface area contributed by atoms with Gasteiger partial charge in [-0.2, -0.15) is 0 Å². The van der Waals surface area contributed by atoms with Crippen LogP contribution in [0.25, 0.3) is 0 Å². The van der Waals surface area contributed by atoms with Gasteiger partial charge in [0.05, 0.1) is 12.2 Å². The highest BCUT2D eigenvalue weighted by Crippen LogP contribution is 2.30. The van der Waals surface area contributed by atoms with Crippen LogP contribution in [0, 0.1) is 0 Å². The number of anilines is 1. The minimum atomic E-state index is -0.536. The highest BCUT2D eigenvalue weighted by molar-refractivity contribution is 9.10. The molecule has 0 aliphatic carbocycles. The zero-order valence-corrected chi connectivity index (χ0v) is 11.6. The van der Waals surface area contributed by atoms with E-state index in [0.717, 1.165) is 41.7 Å². The molecular weight excluding hydrogens is 282 g/mol. The van der Waals surface area contributed by atoms with Crippen LogP contribution < -0.4 is 4.90 Å². The second-order valence-electron chi connectivity index (χ2n) is 4.92. The summed E-state index contributed by atoms with van der Waals surface area (Å²) in [5, 5.41) is 19.3. The van der Waals surface area contributed by atoms with Crippen molar-refractivity contribution in [2.24, 2.45) is 0 Å². The van der Waals surface area contributed by atoms with E-state index in [1.807, 2.05) is 25.1 Å². The molecule has 94 valence electrons. The van der Waals surface area contributed by atoms with Gasteiger partial charge in [-0.15, -0.1) is 0 Å². The Balaban J connectivity index is 2.18. The third kappa shape index (κ3) is 3.00. The Kier molecular flexibility index (Phi) is 3.76. The lowest BCUT2D eigenvalue weighted by molar-refractivity contribution is 0.0351. The molecule has 0 unspecified atom stereocenters. The molecule has 0 atom stereocenters. The minimum Gasteiger partial charge on any atom is -0.392 e. The molecule has 0 radical (unpaired) electrons. The Morgan fingerprint density at radius 2 is 2.00 bits per heavy atom. The van der Waals surface area contributed by atoms with Gasteiger partial charge in [0, 0.05) is 28.8 Å². The number of aliphatic hydroxyl groups excluding tert-OH is 1. The molecule has 1 fully saturated rings. The van der Waals surface area contributed by atoms with Gasteiger partial charge in [-0.05, 0) is 38.0 Å². The molecule has 1 aromatic rings. The summed E-state index contributed by atoms with van der Waals surface area (Å²) in [6.07, 6.45) is 1.54. The third-order valence-corrected chi connectivity index (χ3v) is 3.89. The lowest BCUT2D eigenvalue weighted by atomic mass is 9.93. The van der Waals surface area contributed by atoms with Crippen LogP contribution in [0.15, 0.2) is 22.7 Å². The summed E-state index contributed by atoms with van der Waals surface area (Å²) in [6.45, 7) is 3.60. The standard InChI is InChI=1S/C13H18BrNO2/c1-13(17)4-6-15(7-5-13)12-3-2-11(14)8-10(12)9-16/h2-3,8,16-17H,4-7,9H2,1H3. The van der Waals surface area contributed by atoms with Crippen LogP contribution in [0.1, 0.15) is 25.3 Å². The van der Waals surface area contributed by atoms with Crippen molar-refractivity contribution in [2.45, 2.75) is 32.0 Å². The highest BCUT2D eigenvalue weighted by Gasteiger charge is 2.28. The molecule has 0 spiro atoms. The summed E-state index contributed by atoms with van der Waals surface area (Å²) < 4.78 is 0.981. The van der Waals surface area contributed by atoms with E-state index < -0.39 is 5.60 Å². The Hall–Kier alpha value is -0.580. The molecule has 1 heterocycles. The van der Waals surface area contributed by atoms with E-state index in [0.29, 0.717) is 0 Å². The molecule has 2 N–H and O–H groups in total. The van der Waals surface area contributed by atoms with Crippen molar-refractivity contribution in [3.8, 4) is 0 Å². The van der Waals surface area contributed by atoms with Crippen molar-refractivity contribution < 1.29 is 10.2 Å². The predicted molar refractivity (Wildman–Crippen MR) is 72.1 cm³/mol. The van der Waals surface area contributed by atoms with Gasteiger partial charge in [-0.25, -0.2) is 0 Å². The van der Waals surface area contributed by atoms with Gasteiger partial charge in [-0.1, -0.05) is 15.9 Å². The van der Waals surface area contributed by atoms with E-state index in [2.05, 4.69) is 20.8 Å². The van der Waals surface area contributed by atoms with Crippen molar-refractivity contribution >= 4 is 21.6 Å². The molecule has 1 aliphatic rings. The largest absolute Gasteiger partial charge is 0.392 e. The molecule has 17 heavy (non-hydrogen) atoms. The van der Waals surface area contributed by atoms with Crippen LogP contribution in [0.4, 0.5) is 5.69 Å². The zero-order chi connectivity index (χ0) is 12.5. The first-order valence-corrected chi connectivity index (χ1v) is 6.68. The Morgan fingerprint density at radius 3 is 2.59 bits per heavy atom. The maximum Gasteiger partial charge on any atom is 0.0702 e. The Morgan fingerprint density at radius 1 is 1.35 bits per heavy atom. The van der Waals surface area contributed by atoms with E-state index >= 15 is 0 Å². The summed E-state index contributed by atoms with van der Waals surface area (Å²) >= 11 is 3.41. The number of hydrogen-bond donors (Lipinski definition) is 2. The van der Waals surface area contributed by atoms with Crippen LogP contribution in [0.3, 0.4) is 0 Å². The van der Waals surface area contributed by atoms with Crippen LogP contribution >= 0.6 is 15.9 Å². The molecule has 2 rings (SSSR count). The van der Waals surface area contributed by atoms with E-state index in [1.54, 1.807) is 0 Å². The fourth-order valence-corrected chi connectivity index (χ4v) is 2.63. The number of rotatable bonds is 2. The first-order chi connectivity index (χ1) is 8.02.